The molecule has 19 heavy (non-hydrogen) atoms. The van der Waals surface area contributed by atoms with Gasteiger partial charge >= 0.3 is 12.0 Å². The molecule has 1 saturated heterocycles. The van der Waals surface area contributed by atoms with Crippen molar-refractivity contribution in [1.29, 1.82) is 0 Å². The third-order valence-corrected chi connectivity index (χ3v) is 3.59. The second kappa shape index (κ2) is 7.33. The quantitative estimate of drug-likeness (QED) is 0.705. The lowest BCUT2D eigenvalue weighted by atomic mass is 9.99. The van der Waals surface area contributed by atoms with Gasteiger partial charge in [0.15, 0.2) is 0 Å². The Morgan fingerprint density at radius 3 is 2.68 bits per heavy atom. The maximum absolute atomic E-state index is 11.8. The summed E-state index contributed by atoms with van der Waals surface area (Å²) in [6.45, 7) is 6.31. The molecule has 0 aromatic rings. The zero-order valence-electron chi connectivity index (χ0n) is 11.8. The molecule has 6 heteroatoms. The fourth-order valence-electron chi connectivity index (χ4n) is 2.18. The van der Waals surface area contributed by atoms with Gasteiger partial charge in [-0.05, 0) is 25.7 Å². The molecule has 3 unspecified atom stereocenters. The van der Waals surface area contributed by atoms with E-state index in [2.05, 4.69) is 10.6 Å². The van der Waals surface area contributed by atoms with Crippen molar-refractivity contribution in [2.24, 2.45) is 5.92 Å². The van der Waals surface area contributed by atoms with Crippen LogP contribution in [0.25, 0.3) is 0 Å². The molecule has 1 aliphatic rings. The van der Waals surface area contributed by atoms with Crippen LogP contribution in [0.1, 0.15) is 40.0 Å². The highest BCUT2D eigenvalue weighted by Crippen LogP contribution is 2.13. The summed E-state index contributed by atoms with van der Waals surface area (Å²) < 4.78 is 5.40. The summed E-state index contributed by atoms with van der Waals surface area (Å²) in [7, 11) is 0. The first-order valence-corrected chi connectivity index (χ1v) is 6.85. The Kier molecular flexibility index (Phi) is 6.08. The Hall–Kier alpha value is -1.30. The minimum Gasteiger partial charge on any atom is -0.480 e. The van der Waals surface area contributed by atoms with Crippen molar-refractivity contribution < 1.29 is 19.4 Å². The smallest absolute Gasteiger partial charge is 0.326 e. The van der Waals surface area contributed by atoms with Crippen LogP contribution in [0, 0.1) is 5.92 Å². The maximum Gasteiger partial charge on any atom is 0.326 e. The molecule has 1 heterocycles. The van der Waals surface area contributed by atoms with Crippen LogP contribution in [-0.4, -0.2) is 41.9 Å². The lowest BCUT2D eigenvalue weighted by Crippen LogP contribution is -2.52. The second-order valence-electron chi connectivity index (χ2n) is 5.22. The predicted molar refractivity (Wildman–Crippen MR) is 71.0 cm³/mol. The molecule has 0 radical (unpaired) electrons. The Morgan fingerprint density at radius 1 is 1.47 bits per heavy atom. The number of carboxylic acid groups (broad SMARTS) is 1. The number of rotatable bonds is 5. The molecule has 1 fully saturated rings. The Bertz CT molecular complexity index is 322. The molecule has 4 atom stereocenters. The molecule has 1 aliphatic heterocycles. The highest BCUT2D eigenvalue weighted by Gasteiger charge is 2.27. The molecule has 110 valence electrons. The van der Waals surface area contributed by atoms with E-state index in [0.29, 0.717) is 13.0 Å². The number of carboxylic acids is 1. The van der Waals surface area contributed by atoms with E-state index >= 15 is 0 Å². The predicted octanol–water partition coefficient (Wildman–Crippen LogP) is 1.35. The van der Waals surface area contributed by atoms with Crippen molar-refractivity contribution in [2.75, 3.05) is 6.61 Å². The molecular weight excluding hydrogens is 248 g/mol. The molecule has 2 amide bonds. The van der Waals surface area contributed by atoms with E-state index in [-0.39, 0.29) is 18.1 Å². The van der Waals surface area contributed by atoms with Gasteiger partial charge in [-0.1, -0.05) is 20.3 Å². The minimum atomic E-state index is -0.996. The number of hydrogen-bond donors (Lipinski definition) is 3. The first-order chi connectivity index (χ1) is 8.93. The molecule has 1 rings (SSSR count). The van der Waals surface area contributed by atoms with Crippen molar-refractivity contribution in [2.45, 2.75) is 58.2 Å². The molecule has 0 spiro atoms. The van der Waals surface area contributed by atoms with Crippen molar-refractivity contribution in [3.05, 3.63) is 0 Å². The summed E-state index contributed by atoms with van der Waals surface area (Å²) in [5, 5.41) is 14.5. The summed E-state index contributed by atoms with van der Waals surface area (Å²) in [6.07, 6.45) is 2.35. The van der Waals surface area contributed by atoms with E-state index in [9.17, 15) is 9.59 Å². The molecule has 6 nitrogen and oxygen atoms in total. The summed E-state index contributed by atoms with van der Waals surface area (Å²) in [5.74, 6) is -1.10. The maximum atomic E-state index is 11.8. The SMILES string of the molecule is CCC(C)[C@H](NC(=O)NC1CCOC(C)C1)C(=O)O. The van der Waals surface area contributed by atoms with Crippen LogP contribution in [-0.2, 0) is 9.53 Å². The van der Waals surface area contributed by atoms with Crippen LogP contribution in [0.4, 0.5) is 4.79 Å². The lowest BCUT2D eigenvalue weighted by Gasteiger charge is -2.29. The molecule has 0 bridgehead atoms. The number of amides is 2. The Balaban J connectivity index is 2.46. The zero-order valence-corrected chi connectivity index (χ0v) is 11.8. The van der Waals surface area contributed by atoms with Gasteiger partial charge in [0, 0.05) is 12.6 Å². The Morgan fingerprint density at radius 2 is 2.16 bits per heavy atom. The number of carbonyl (C=O) groups excluding carboxylic acids is 1. The highest BCUT2D eigenvalue weighted by molar-refractivity contribution is 5.82. The number of carbonyl (C=O) groups is 2. The van der Waals surface area contributed by atoms with E-state index in [0.717, 1.165) is 12.8 Å². The van der Waals surface area contributed by atoms with Gasteiger partial charge in [-0.2, -0.15) is 0 Å². The summed E-state index contributed by atoms with van der Waals surface area (Å²) >= 11 is 0. The highest BCUT2D eigenvalue weighted by atomic mass is 16.5. The fourth-order valence-corrected chi connectivity index (χ4v) is 2.18. The van der Waals surface area contributed by atoms with Gasteiger partial charge in [0.2, 0.25) is 0 Å². The minimum absolute atomic E-state index is 0.0510. The third kappa shape index (κ3) is 5.06. The van der Waals surface area contributed by atoms with Crippen molar-refractivity contribution in [1.82, 2.24) is 10.6 Å². The lowest BCUT2D eigenvalue weighted by molar-refractivity contribution is -0.140. The number of hydrogen-bond acceptors (Lipinski definition) is 3. The summed E-state index contributed by atoms with van der Waals surface area (Å²) in [4.78, 5) is 22.9. The average Bonchev–Trinajstić information content (AvgIpc) is 2.34. The van der Waals surface area contributed by atoms with Crippen LogP contribution in [0.2, 0.25) is 0 Å². The van der Waals surface area contributed by atoms with Crippen LogP contribution < -0.4 is 10.6 Å². The summed E-state index contributed by atoms with van der Waals surface area (Å²) in [6, 6.07) is -1.20. The van der Waals surface area contributed by atoms with Gasteiger partial charge < -0.3 is 20.5 Å². The zero-order chi connectivity index (χ0) is 14.4. The molecule has 0 saturated carbocycles. The molecule has 0 aromatic heterocycles. The van der Waals surface area contributed by atoms with Crippen LogP contribution in [0.5, 0.6) is 0 Å². The van der Waals surface area contributed by atoms with E-state index in [1.54, 1.807) is 0 Å². The number of urea groups is 1. The summed E-state index contributed by atoms with van der Waals surface area (Å²) in [5.41, 5.74) is 0. The molecule has 0 aliphatic carbocycles. The number of aliphatic carboxylic acids is 1. The monoisotopic (exact) mass is 272 g/mol. The largest absolute Gasteiger partial charge is 0.480 e. The first kappa shape index (κ1) is 15.8. The van der Waals surface area contributed by atoms with E-state index in [1.807, 2.05) is 20.8 Å². The van der Waals surface area contributed by atoms with Crippen LogP contribution >= 0.6 is 0 Å². The molecular formula is C13H24N2O4. The van der Waals surface area contributed by atoms with Crippen LogP contribution in [0.3, 0.4) is 0 Å². The van der Waals surface area contributed by atoms with Gasteiger partial charge in [0.05, 0.1) is 6.10 Å². The van der Waals surface area contributed by atoms with Gasteiger partial charge in [0.1, 0.15) is 6.04 Å². The third-order valence-electron chi connectivity index (χ3n) is 3.59. The topological polar surface area (TPSA) is 87.7 Å². The molecule has 3 N–H and O–H groups in total. The number of ether oxygens (including phenoxy) is 1. The van der Waals surface area contributed by atoms with Gasteiger partial charge in [-0.3, -0.25) is 0 Å². The van der Waals surface area contributed by atoms with E-state index < -0.39 is 18.0 Å². The Labute approximate surface area is 113 Å². The standard InChI is InChI=1S/C13H24N2O4/c1-4-8(2)11(12(16)17)15-13(18)14-10-5-6-19-9(3)7-10/h8-11H,4-7H2,1-3H3,(H,16,17)(H2,14,15,18)/t8?,9?,10?,11-/m0/s1. The van der Waals surface area contributed by atoms with Crippen molar-refractivity contribution >= 4 is 12.0 Å². The van der Waals surface area contributed by atoms with E-state index in [4.69, 9.17) is 9.84 Å². The van der Waals surface area contributed by atoms with Crippen LogP contribution in [0.15, 0.2) is 0 Å². The normalized spacial score (nSPS) is 26.3. The van der Waals surface area contributed by atoms with Crippen molar-refractivity contribution in [3.8, 4) is 0 Å². The first-order valence-electron chi connectivity index (χ1n) is 6.85. The van der Waals surface area contributed by atoms with E-state index in [1.165, 1.54) is 0 Å². The van der Waals surface area contributed by atoms with Gasteiger partial charge in [-0.15, -0.1) is 0 Å². The molecule has 0 aromatic carbocycles. The van der Waals surface area contributed by atoms with Crippen molar-refractivity contribution in [3.63, 3.8) is 0 Å². The second-order valence-corrected chi connectivity index (χ2v) is 5.22. The fraction of sp³-hybridized carbons (Fsp3) is 0.846. The average molecular weight is 272 g/mol. The van der Waals surface area contributed by atoms with Gasteiger partial charge in [-0.25, -0.2) is 9.59 Å². The number of nitrogens with one attached hydrogen (secondary N) is 2. The van der Waals surface area contributed by atoms with Gasteiger partial charge in [0.25, 0.3) is 0 Å².